The quantitative estimate of drug-likeness (QED) is 0.566. The van der Waals surface area contributed by atoms with E-state index in [4.69, 9.17) is 3.87 Å². The van der Waals surface area contributed by atoms with E-state index in [-0.39, 0.29) is 39.9 Å². The van der Waals surface area contributed by atoms with Crippen LogP contribution in [0, 0.1) is 0 Å². The Hall–Kier alpha value is 1.59. The summed E-state index contributed by atoms with van der Waals surface area (Å²) in [4.78, 5) is 0. The van der Waals surface area contributed by atoms with Gasteiger partial charge in [0.15, 0.2) is 0 Å². The first kappa shape index (κ1) is 17.6. The average Bonchev–Trinajstić information content (AvgIpc) is 1.00. The van der Waals surface area contributed by atoms with Crippen molar-refractivity contribution in [3.8, 4) is 0 Å². The van der Waals surface area contributed by atoms with Crippen molar-refractivity contribution in [3.63, 3.8) is 0 Å². The van der Waals surface area contributed by atoms with Gasteiger partial charge in [-0.2, -0.15) is 0 Å². The Kier molecular flexibility index (Phi) is 103. The van der Waals surface area contributed by atoms with E-state index in [9.17, 15) is 0 Å². The van der Waals surface area contributed by atoms with Crippen molar-refractivity contribution in [2.75, 3.05) is 0 Å². The molecule has 0 N–H and O–H groups in total. The third kappa shape index (κ3) is 9.52. The van der Waals surface area contributed by atoms with Crippen LogP contribution in [0.1, 0.15) is 0 Å². The van der Waals surface area contributed by atoms with Gasteiger partial charge in [0.2, 0.25) is 0 Å². The third-order valence-corrected chi connectivity index (χ3v) is 0. The molecule has 0 aliphatic carbocycles. The molecular weight excluding hydrogens is 282 g/mol. The fraction of sp³-hybridized carbons (Fsp3) is 0. The maximum atomic E-state index is 7.94. The molecule has 0 aliphatic heterocycles. The number of rotatable bonds is 0. The Morgan fingerprint density at radius 2 is 1.25 bits per heavy atom. The molecule has 4 heavy (non-hydrogen) atoms. The van der Waals surface area contributed by atoms with E-state index >= 15 is 0 Å². The van der Waals surface area contributed by atoms with E-state index in [0.717, 1.165) is 0 Å². The molecule has 1 nitrogen and oxygen atoms in total. The SMILES string of the molecule is [O]=[Co].[Pd].[Ru]. The van der Waals surface area contributed by atoms with E-state index in [1.807, 2.05) is 0 Å². The molecule has 0 aliphatic rings. The van der Waals surface area contributed by atoms with E-state index in [1.165, 1.54) is 0 Å². The zero-order valence-electron chi connectivity index (χ0n) is 1.41. The standard InChI is InChI=1S/Co.O.Pd.Ru. The monoisotopic (exact) mass is 283 g/mol. The van der Waals surface area contributed by atoms with Crippen LogP contribution in [0.3, 0.4) is 0 Å². The number of hydrogen-bond donors (Lipinski definition) is 0. The van der Waals surface area contributed by atoms with Crippen molar-refractivity contribution in [1.82, 2.24) is 0 Å². The van der Waals surface area contributed by atoms with Crippen molar-refractivity contribution in [2.45, 2.75) is 0 Å². The molecule has 0 fully saturated rings. The summed E-state index contributed by atoms with van der Waals surface area (Å²) in [5.41, 5.74) is 0. The van der Waals surface area contributed by atoms with Crippen LogP contribution in [0.5, 0.6) is 0 Å². The summed E-state index contributed by atoms with van der Waals surface area (Å²) in [6.07, 6.45) is 0. The van der Waals surface area contributed by atoms with Crippen molar-refractivity contribution in [1.29, 1.82) is 0 Å². The van der Waals surface area contributed by atoms with E-state index in [2.05, 4.69) is 15.7 Å². The van der Waals surface area contributed by atoms with Gasteiger partial charge in [0.1, 0.15) is 0 Å². The van der Waals surface area contributed by atoms with Crippen LogP contribution in [0.25, 0.3) is 0 Å². The minimum absolute atomic E-state index is 0. The first-order valence-corrected chi connectivity index (χ1v) is 0.561. The van der Waals surface area contributed by atoms with Crippen molar-refractivity contribution in [2.24, 2.45) is 0 Å². The van der Waals surface area contributed by atoms with Gasteiger partial charge in [0.25, 0.3) is 0 Å². The molecule has 4 heteroatoms. The Morgan fingerprint density at radius 3 is 1.25 bits per heavy atom. The van der Waals surface area contributed by atoms with E-state index in [0.29, 0.717) is 0 Å². The molecule has 0 aromatic rings. The second-order valence-corrected chi connectivity index (χ2v) is 0. The Morgan fingerprint density at radius 1 is 1.25 bits per heavy atom. The van der Waals surface area contributed by atoms with E-state index < -0.39 is 0 Å². The summed E-state index contributed by atoms with van der Waals surface area (Å²) in [5.74, 6) is 0. The van der Waals surface area contributed by atoms with Gasteiger partial charge in [-0.25, -0.2) is 0 Å². The van der Waals surface area contributed by atoms with Gasteiger partial charge < -0.3 is 0 Å². The maximum absolute atomic E-state index is 7.94. The zero-order chi connectivity index (χ0) is 2.00. The third-order valence-electron chi connectivity index (χ3n) is 0. The summed E-state index contributed by atoms with van der Waals surface area (Å²) in [6, 6.07) is 0. The van der Waals surface area contributed by atoms with Gasteiger partial charge >= 0.3 is 19.5 Å². The summed E-state index contributed by atoms with van der Waals surface area (Å²) in [7, 11) is 0. The molecule has 0 radical (unpaired) electrons. The summed E-state index contributed by atoms with van der Waals surface area (Å²) in [5, 5.41) is 0. The van der Waals surface area contributed by atoms with Crippen molar-refractivity contribution in [3.05, 3.63) is 0 Å². The molecule has 0 saturated carbocycles. The van der Waals surface area contributed by atoms with Crippen molar-refractivity contribution >= 4 is 0 Å². The zero-order valence-corrected chi connectivity index (χ0v) is 5.75. The number of hydrogen-bond acceptors (Lipinski definition) is 1. The molecule has 0 unspecified atom stereocenters. The Balaban J connectivity index is -0.00000000500. The predicted octanol–water partition coefficient (Wildman–Crippen LogP) is -0.126. The van der Waals surface area contributed by atoms with Crippen LogP contribution < -0.4 is 0 Å². The minimum atomic E-state index is 0. The van der Waals surface area contributed by atoms with Gasteiger partial charge in [-0.05, 0) is 0 Å². The van der Waals surface area contributed by atoms with Crippen LogP contribution in [0.15, 0.2) is 0 Å². The molecule has 0 aromatic heterocycles. The largest absolute Gasteiger partial charge is 0 e. The van der Waals surface area contributed by atoms with Crippen LogP contribution in [0.4, 0.5) is 0 Å². The van der Waals surface area contributed by atoms with Crippen LogP contribution in [0.2, 0.25) is 0 Å². The minimum Gasteiger partial charge on any atom is 0 e. The topological polar surface area (TPSA) is 17.1 Å². The molecule has 0 aromatic carbocycles. The molecule has 0 saturated heterocycles. The van der Waals surface area contributed by atoms with Gasteiger partial charge in [0.05, 0.1) is 0 Å². The fourth-order valence-corrected chi connectivity index (χ4v) is 0. The first-order valence-electron chi connectivity index (χ1n) is 0.136. The Bertz CT molecular complexity index is 8.00. The van der Waals surface area contributed by atoms with E-state index in [1.54, 1.807) is 0 Å². The molecule has 0 heterocycles. The second kappa shape index (κ2) is 23.4. The summed E-state index contributed by atoms with van der Waals surface area (Å²) in [6.45, 7) is 0. The Labute approximate surface area is 59.1 Å². The van der Waals surface area contributed by atoms with Crippen LogP contribution in [-0.2, 0) is 59.4 Å². The second-order valence-electron chi connectivity index (χ2n) is 0. The molecule has 0 amide bonds. The molecule has 0 spiro atoms. The van der Waals surface area contributed by atoms with Gasteiger partial charge in [-0.15, -0.1) is 0 Å². The predicted molar refractivity (Wildman–Crippen MR) is 0.686 cm³/mol. The maximum Gasteiger partial charge on any atom is 0 e. The molecule has 0 atom stereocenters. The van der Waals surface area contributed by atoms with Gasteiger partial charge in [0, 0.05) is 39.9 Å². The van der Waals surface area contributed by atoms with Crippen LogP contribution >= 0.6 is 0 Å². The summed E-state index contributed by atoms with van der Waals surface area (Å²) >= 11 is 2.31. The molecule has 0 rings (SSSR count). The first-order chi connectivity index (χ1) is 1.00. The summed E-state index contributed by atoms with van der Waals surface area (Å²) < 4.78 is 7.94. The molecule has 33 valence electrons. The smallest absolute Gasteiger partial charge is 0 e. The van der Waals surface area contributed by atoms with Gasteiger partial charge in [-0.3, -0.25) is 0 Å². The van der Waals surface area contributed by atoms with Gasteiger partial charge in [-0.1, -0.05) is 0 Å². The average molecular weight is 282 g/mol. The fourth-order valence-electron chi connectivity index (χ4n) is 0. The molecular formula is CoOPdRu. The molecule has 0 bridgehead atoms. The van der Waals surface area contributed by atoms with Crippen molar-refractivity contribution < 1.29 is 59.4 Å². The van der Waals surface area contributed by atoms with Crippen LogP contribution in [-0.4, -0.2) is 0 Å². The normalized spacial score (nSPS) is 1.25.